The molecule has 33 heavy (non-hydrogen) atoms. The van der Waals surface area contributed by atoms with Gasteiger partial charge in [0.25, 0.3) is 0 Å². The van der Waals surface area contributed by atoms with Crippen LogP contribution < -0.4 is 4.72 Å². The van der Waals surface area contributed by atoms with Gasteiger partial charge in [0.15, 0.2) is 0 Å². The number of alkyl halides is 3. The maximum absolute atomic E-state index is 13.4. The lowest BCUT2D eigenvalue weighted by Gasteiger charge is -2.33. The lowest BCUT2D eigenvalue weighted by molar-refractivity contribution is -0.138. The number of rotatable bonds is 6. The second-order valence-corrected chi connectivity index (χ2v) is 10.8. The molecule has 3 rings (SSSR count). The molecule has 0 bridgehead atoms. The molecule has 2 fully saturated rings. The van der Waals surface area contributed by atoms with E-state index in [1.54, 1.807) is 13.0 Å². The van der Waals surface area contributed by atoms with Gasteiger partial charge in [0.1, 0.15) is 5.25 Å². The van der Waals surface area contributed by atoms with Gasteiger partial charge in [0, 0.05) is 6.04 Å². The van der Waals surface area contributed by atoms with Gasteiger partial charge in [0.2, 0.25) is 10.0 Å². The van der Waals surface area contributed by atoms with Crippen LogP contribution in [0.3, 0.4) is 0 Å². The van der Waals surface area contributed by atoms with Crippen molar-refractivity contribution in [3.63, 3.8) is 0 Å². The summed E-state index contributed by atoms with van der Waals surface area (Å²) in [5.74, 6) is -0.210. The van der Waals surface area contributed by atoms with Crippen LogP contribution in [0.1, 0.15) is 56.1 Å². The minimum Gasteiger partial charge on any atom is -0.453 e. The molecule has 1 amide bonds. The maximum atomic E-state index is 13.4. The summed E-state index contributed by atoms with van der Waals surface area (Å²) in [6.45, 7) is 1.78. The minimum atomic E-state index is -4.39. The Morgan fingerprint density at radius 2 is 1.82 bits per heavy atom. The second kappa shape index (κ2) is 10.2. The minimum absolute atomic E-state index is 0.0134. The Morgan fingerprint density at radius 3 is 2.39 bits per heavy atom. The standard InChI is InChI=1S/C22H31F3N2O5S/c1-14-12-20(33(29,30)26-2)19(27(14)21(28)31-3)13-32-16-10-8-15(9-11-16)17-6-4-5-7-18(17)22(23,24)25/h4-7,14-16,19-20,26H,8-13H2,1-3H3. The smallest absolute Gasteiger partial charge is 0.416 e. The van der Waals surface area contributed by atoms with Gasteiger partial charge in [-0.3, -0.25) is 4.90 Å². The molecule has 0 radical (unpaired) electrons. The molecule has 0 aromatic heterocycles. The quantitative estimate of drug-likeness (QED) is 0.651. The van der Waals surface area contributed by atoms with Gasteiger partial charge in [-0.2, -0.15) is 13.2 Å². The van der Waals surface area contributed by atoms with Gasteiger partial charge in [-0.15, -0.1) is 0 Å². The number of ether oxygens (including phenoxy) is 2. The number of nitrogens with one attached hydrogen (secondary N) is 1. The highest BCUT2D eigenvalue weighted by Gasteiger charge is 2.48. The van der Waals surface area contributed by atoms with Gasteiger partial charge in [0.05, 0.1) is 31.4 Å². The monoisotopic (exact) mass is 492 g/mol. The maximum Gasteiger partial charge on any atom is 0.416 e. The summed E-state index contributed by atoms with van der Waals surface area (Å²) in [6, 6.07) is 4.62. The van der Waals surface area contributed by atoms with Gasteiger partial charge in [-0.25, -0.2) is 17.9 Å². The number of sulfonamides is 1. The number of amides is 1. The average Bonchev–Trinajstić information content (AvgIpc) is 3.13. The second-order valence-electron chi connectivity index (χ2n) is 8.71. The van der Waals surface area contributed by atoms with Crippen LogP contribution in [-0.2, 0) is 25.7 Å². The first kappa shape index (κ1) is 25.8. The molecule has 3 unspecified atom stereocenters. The summed E-state index contributed by atoms with van der Waals surface area (Å²) in [6.07, 6.45) is -2.77. The van der Waals surface area contributed by atoms with Gasteiger partial charge >= 0.3 is 12.3 Å². The number of hydrogen-bond donors (Lipinski definition) is 1. The van der Waals surface area contributed by atoms with Crippen molar-refractivity contribution in [2.45, 2.75) is 74.6 Å². The lowest BCUT2D eigenvalue weighted by Crippen LogP contribution is -2.49. The predicted molar refractivity (Wildman–Crippen MR) is 116 cm³/mol. The fourth-order valence-corrected chi connectivity index (χ4v) is 6.55. The Kier molecular flexibility index (Phi) is 7.95. The van der Waals surface area contributed by atoms with Crippen LogP contribution in [0.2, 0.25) is 0 Å². The van der Waals surface area contributed by atoms with E-state index < -0.39 is 39.1 Å². The molecule has 11 heteroatoms. The van der Waals surface area contributed by atoms with Crippen LogP contribution in [0.15, 0.2) is 24.3 Å². The average molecular weight is 493 g/mol. The van der Waals surface area contributed by atoms with E-state index in [0.717, 1.165) is 6.07 Å². The van der Waals surface area contributed by atoms with Crippen LogP contribution in [0, 0.1) is 0 Å². The predicted octanol–water partition coefficient (Wildman–Crippen LogP) is 3.90. The van der Waals surface area contributed by atoms with E-state index in [-0.39, 0.29) is 31.1 Å². The summed E-state index contributed by atoms with van der Waals surface area (Å²) < 4.78 is 78.4. The number of likely N-dealkylation sites (tertiary alicyclic amines) is 1. The molecule has 186 valence electrons. The molecule has 1 saturated heterocycles. The number of hydrogen-bond acceptors (Lipinski definition) is 5. The number of carbonyl (C=O) groups excluding carboxylic acids is 1. The molecule has 1 aromatic carbocycles. The fraction of sp³-hybridized carbons (Fsp3) is 0.682. The van der Waals surface area contributed by atoms with E-state index in [1.165, 1.54) is 31.2 Å². The van der Waals surface area contributed by atoms with Crippen molar-refractivity contribution < 1.29 is 35.9 Å². The molecule has 7 nitrogen and oxygen atoms in total. The molecule has 1 aromatic rings. The first-order chi connectivity index (χ1) is 15.5. The van der Waals surface area contributed by atoms with Gasteiger partial charge in [-0.1, -0.05) is 18.2 Å². The summed E-state index contributed by atoms with van der Waals surface area (Å²) in [7, 11) is -1.08. The topological polar surface area (TPSA) is 84.9 Å². The molecule has 3 atom stereocenters. The van der Waals surface area contributed by atoms with Crippen LogP contribution in [0.25, 0.3) is 0 Å². The van der Waals surface area contributed by atoms with Crippen molar-refractivity contribution in [1.29, 1.82) is 0 Å². The van der Waals surface area contributed by atoms with Crippen LogP contribution >= 0.6 is 0 Å². The first-order valence-electron chi connectivity index (χ1n) is 11.1. The largest absolute Gasteiger partial charge is 0.453 e. The Bertz CT molecular complexity index is 932. The molecule has 1 heterocycles. The first-order valence-corrected chi connectivity index (χ1v) is 12.6. The molecule has 2 aliphatic rings. The van der Waals surface area contributed by atoms with Crippen LogP contribution in [0.5, 0.6) is 0 Å². The van der Waals surface area contributed by atoms with Gasteiger partial charge in [-0.05, 0) is 63.6 Å². The normalized spacial score (nSPS) is 28.7. The Hall–Kier alpha value is -1.85. The zero-order chi connectivity index (χ0) is 24.4. The fourth-order valence-electron chi connectivity index (χ4n) is 5.09. The van der Waals surface area contributed by atoms with Gasteiger partial charge < -0.3 is 9.47 Å². The van der Waals surface area contributed by atoms with Crippen molar-refractivity contribution in [2.75, 3.05) is 20.8 Å². The number of methoxy groups -OCH3 is 1. The van der Waals surface area contributed by atoms with E-state index in [0.29, 0.717) is 31.2 Å². The molecular weight excluding hydrogens is 461 g/mol. The molecule has 0 spiro atoms. The van der Waals surface area contributed by atoms with Crippen LogP contribution in [-0.4, -0.2) is 63.6 Å². The molecule has 1 saturated carbocycles. The van der Waals surface area contributed by atoms with E-state index in [2.05, 4.69) is 4.72 Å². The van der Waals surface area contributed by atoms with E-state index in [1.807, 2.05) is 0 Å². The van der Waals surface area contributed by atoms with E-state index in [9.17, 15) is 26.4 Å². The summed E-state index contributed by atoms with van der Waals surface area (Å²) in [4.78, 5) is 13.7. The number of nitrogens with zero attached hydrogens (tertiary/aromatic N) is 1. The third-order valence-electron chi connectivity index (χ3n) is 6.79. The Labute approximate surface area is 192 Å². The van der Waals surface area contributed by atoms with E-state index in [4.69, 9.17) is 9.47 Å². The molecule has 1 N–H and O–H groups in total. The zero-order valence-corrected chi connectivity index (χ0v) is 19.8. The summed E-state index contributed by atoms with van der Waals surface area (Å²) in [5.41, 5.74) is -0.284. The number of carbonyl (C=O) groups is 1. The van der Waals surface area contributed by atoms with Crippen molar-refractivity contribution >= 4 is 16.1 Å². The third-order valence-corrected chi connectivity index (χ3v) is 8.66. The summed E-state index contributed by atoms with van der Waals surface area (Å²) >= 11 is 0. The van der Waals surface area contributed by atoms with Crippen molar-refractivity contribution in [2.24, 2.45) is 0 Å². The van der Waals surface area contributed by atoms with Crippen LogP contribution in [0.4, 0.5) is 18.0 Å². The van der Waals surface area contributed by atoms with Crippen molar-refractivity contribution in [3.8, 4) is 0 Å². The lowest BCUT2D eigenvalue weighted by atomic mass is 9.81. The Morgan fingerprint density at radius 1 is 1.18 bits per heavy atom. The SMILES string of the molecule is CNS(=O)(=O)C1CC(C)N(C(=O)OC)C1COC1CCC(c2ccccc2C(F)(F)F)CC1. The van der Waals surface area contributed by atoms with E-state index >= 15 is 0 Å². The molecule has 1 aliphatic heterocycles. The summed E-state index contributed by atoms with van der Waals surface area (Å²) in [5, 5.41) is -0.841. The molecule has 1 aliphatic carbocycles. The van der Waals surface area contributed by atoms with Crippen molar-refractivity contribution in [3.05, 3.63) is 35.4 Å². The highest BCUT2D eigenvalue weighted by molar-refractivity contribution is 7.90. The third kappa shape index (κ3) is 5.63. The Balaban J connectivity index is 1.66. The van der Waals surface area contributed by atoms with Crippen molar-refractivity contribution in [1.82, 2.24) is 9.62 Å². The number of halogens is 3. The highest BCUT2D eigenvalue weighted by atomic mass is 32.2. The zero-order valence-electron chi connectivity index (χ0n) is 19.0. The molecular formula is C22H31F3N2O5S. The number of benzene rings is 1. The highest BCUT2D eigenvalue weighted by Crippen LogP contribution is 2.41.